The second kappa shape index (κ2) is 12.5. The van der Waals surface area contributed by atoms with E-state index in [-0.39, 0.29) is 35.5 Å². The average Bonchev–Trinajstić information content (AvgIpc) is 3.46. The second-order valence-electron chi connectivity index (χ2n) is 9.80. The minimum absolute atomic E-state index is 0.0184. The lowest BCUT2D eigenvalue weighted by atomic mass is 9.91. The van der Waals surface area contributed by atoms with Gasteiger partial charge in [-0.2, -0.15) is 16.9 Å². The average molecular weight is 554 g/mol. The fourth-order valence-electron chi connectivity index (χ4n) is 4.98. The fourth-order valence-corrected chi connectivity index (χ4v) is 6.05. The van der Waals surface area contributed by atoms with Crippen LogP contribution in [-0.4, -0.2) is 63.8 Å². The first kappa shape index (κ1) is 27.0. The molecular formula is C28H32FN5O4S. The number of benzene rings is 1. The minimum Gasteiger partial charge on any atom is -0.496 e. The van der Waals surface area contributed by atoms with Crippen LogP contribution >= 0.6 is 11.8 Å². The highest BCUT2D eigenvalue weighted by Gasteiger charge is 2.27. The first-order valence-corrected chi connectivity index (χ1v) is 14.4. The van der Waals surface area contributed by atoms with E-state index in [1.807, 2.05) is 36.0 Å². The molecule has 3 heterocycles. The van der Waals surface area contributed by atoms with E-state index in [4.69, 9.17) is 9.47 Å². The Hall–Kier alpha value is -3.60. The molecule has 39 heavy (non-hydrogen) atoms. The van der Waals surface area contributed by atoms with Gasteiger partial charge in [0.2, 0.25) is 5.88 Å². The summed E-state index contributed by atoms with van der Waals surface area (Å²) in [4.78, 5) is 29.9. The topological polar surface area (TPSA) is 118 Å². The highest BCUT2D eigenvalue weighted by molar-refractivity contribution is 7.99. The van der Waals surface area contributed by atoms with Gasteiger partial charge in [0.1, 0.15) is 23.2 Å². The summed E-state index contributed by atoms with van der Waals surface area (Å²) in [6, 6.07) is 10.3. The number of thioether (sulfide) groups is 1. The lowest BCUT2D eigenvalue weighted by Gasteiger charge is -2.29. The van der Waals surface area contributed by atoms with Gasteiger partial charge in [0.25, 0.3) is 11.8 Å². The predicted octanol–water partition coefficient (Wildman–Crippen LogP) is 4.36. The van der Waals surface area contributed by atoms with E-state index < -0.39 is 11.7 Å². The van der Waals surface area contributed by atoms with Crippen LogP contribution in [0.15, 0.2) is 42.6 Å². The van der Waals surface area contributed by atoms with Crippen LogP contribution in [0.5, 0.6) is 11.6 Å². The lowest BCUT2D eigenvalue weighted by molar-refractivity contribution is 0.0883. The number of hydrogen-bond donors (Lipinski definition) is 3. The molecule has 11 heteroatoms. The van der Waals surface area contributed by atoms with Gasteiger partial charge >= 0.3 is 0 Å². The maximum absolute atomic E-state index is 14.0. The van der Waals surface area contributed by atoms with Gasteiger partial charge < -0.3 is 20.1 Å². The summed E-state index contributed by atoms with van der Waals surface area (Å²) >= 11 is 1.87. The maximum atomic E-state index is 14.0. The minimum atomic E-state index is -0.578. The first-order chi connectivity index (χ1) is 19.0. The third kappa shape index (κ3) is 6.70. The summed E-state index contributed by atoms with van der Waals surface area (Å²) in [7, 11) is 1.60. The SMILES string of the molecule is COc1ccccc1-c1cc(C(=O)N[C@H]2CC[C@@H](NC(=O)c3cc(F)cnc3OC3CCSCC3)CC2)n[nH]1. The molecule has 2 fully saturated rings. The van der Waals surface area contributed by atoms with Crippen LogP contribution in [0.4, 0.5) is 4.39 Å². The molecule has 2 aliphatic rings. The van der Waals surface area contributed by atoms with E-state index in [0.29, 0.717) is 42.8 Å². The number of pyridine rings is 1. The van der Waals surface area contributed by atoms with Crippen molar-refractivity contribution in [2.75, 3.05) is 18.6 Å². The Balaban J connectivity index is 1.14. The Labute approximate surface area is 230 Å². The molecule has 0 unspecified atom stereocenters. The number of ether oxygens (including phenoxy) is 2. The molecule has 1 aliphatic carbocycles. The summed E-state index contributed by atoms with van der Waals surface area (Å²) in [5, 5.41) is 13.1. The van der Waals surface area contributed by atoms with Gasteiger partial charge in [-0.05, 0) is 74.3 Å². The molecule has 9 nitrogen and oxygen atoms in total. The number of aromatic amines is 1. The zero-order valence-corrected chi connectivity index (χ0v) is 22.6. The second-order valence-corrected chi connectivity index (χ2v) is 11.0. The van der Waals surface area contributed by atoms with Gasteiger partial charge in [-0.1, -0.05) is 12.1 Å². The molecule has 0 spiro atoms. The van der Waals surface area contributed by atoms with Crippen LogP contribution in [0.2, 0.25) is 0 Å². The molecule has 3 N–H and O–H groups in total. The van der Waals surface area contributed by atoms with Crippen molar-refractivity contribution in [2.45, 2.75) is 56.7 Å². The largest absolute Gasteiger partial charge is 0.496 e. The van der Waals surface area contributed by atoms with Gasteiger partial charge in [0.05, 0.1) is 19.0 Å². The predicted molar refractivity (Wildman–Crippen MR) is 147 cm³/mol. The number of halogens is 1. The third-order valence-corrected chi connectivity index (χ3v) is 8.16. The molecule has 0 bridgehead atoms. The van der Waals surface area contributed by atoms with E-state index in [9.17, 15) is 14.0 Å². The van der Waals surface area contributed by atoms with E-state index in [0.717, 1.165) is 36.1 Å². The number of carbonyl (C=O) groups excluding carboxylic acids is 2. The first-order valence-electron chi connectivity index (χ1n) is 13.2. The fraction of sp³-hybridized carbons (Fsp3) is 0.429. The number of carbonyl (C=O) groups is 2. The summed E-state index contributed by atoms with van der Waals surface area (Å²) in [5.74, 6) is 1.63. The molecule has 2 amide bonds. The van der Waals surface area contributed by atoms with Gasteiger partial charge in [-0.3, -0.25) is 14.7 Å². The van der Waals surface area contributed by atoms with Crippen molar-refractivity contribution in [1.82, 2.24) is 25.8 Å². The molecule has 5 rings (SSSR count). The molecule has 1 aliphatic heterocycles. The number of nitrogens with zero attached hydrogens (tertiary/aromatic N) is 2. The molecule has 3 aromatic rings. The monoisotopic (exact) mass is 553 g/mol. The highest BCUT2D eigenvalue weighted by atomic mass is 32.2. The summed E-state index contributed by atoms with van der Waals surface area (Å²) in [6.07, 6.45) is 5.58. The van der Waals surface area contributed by atoms with Crippen LogP contribution in [-0.2, 0) is 0 Å². The molecule has 0 radical (unpaired) electrons. The number of aromatic nitrogens is 3. The molecule has 1 saturated carbocycles. The Morgan fingerprint density at radius 1 is 1.00 bits per heavy atom. The van der Waals surface area contributed by atoms with Crippen molar-refractivity contribution >= 4 is 23.6 Å². The molecular weight excluding hydrogens is 521 g/mol. The lowest BCUT2D eigenvalue weighted by Crippen LogP contribution is -2.44. The van der Waals surface area contributed by atoms with Crippen LogP contribution in [0.3, 0.4) is 0 Å². The number of para-hydroxylation sites is 1. The number of H-pyrrole nitrogens is 1. The van der Waals surface area contributed by atoms with Crippen molar-refractivity contribution in [3.63, 3.8) is 0 Å². The maximum Gasteiger partial charge on any atom is 0.272 e. The van der Waals surface area contributed by atoms with Crippen LogP contribution in [0.25, 0.3) is 11.3 Å². The highest BCUT2D eigenvalue weighted by Crippen LogP contribution is 2.29. The van der Waals surface area contributed by atoms with Crippen LogP contribution in [0.1, 0.15) is 59.4 Å². The summed E-state index contributed by atoms with van der Waals surface area (Å²) < 4.78 is 25.3. The Morgan fingerprint density at radius 2 is 1.69 bits per heavy atom. The van der Waals surface area contributed by atoms with Gasteiger partial charge in [0.15, 0.2) is 5.69 Å². The summed E-state index contributed by atoms with van der Waals surface area (Å²) in [5.41, 5.74) is 1.94. The van der Waals surface area contributed by atoms with Crippen molar-refractivity contribution < 1.29 is 23.5 Å². The smallest absolute Gasteiger partial charge is 0.272 e. The number of amides is 2. The normalized spacial score (nSPS) is 19.7. The van der Waals surface area contributed by atoms with Crippen molar-refractivity contribution in [3.05, 3.63) is 59.7 Å². The Bertz CT molecular complexity index is 1300. The zero-order valence-electron chi connectivity index (χ0n) is 21.7. The van der Waals surface area contributed by atoms with E-state index in [2.05, 4.69) is 25.8 Å². The van der Waals surface area contributed by atoms with E-state index >= 15 is 0 Å². The quantitative estimate of drug-likeness (QED) is 0.379. The third-order valence-electron chi connectivity index (χ3n) is 7.11. The standard InChI is InChI=1S/C28H32FN5O4S/c1-37-25-5-3-2-4-21(25)23-15-24(34-33-23)27(36)32-19-8-6-18(7-9-19)31-26(35)22-14-17(29)16-30-28(22)38-20-10-12-39-13-11-20/h2-5,14-16,18-20H,6-13H2,1H3,(H,31,35)(H,32,36)(H,33,34)/t18-,19+. The van der Waals surface area contributed by atoms with Crippen LogP contribution < -0.4 is 20.1 Å². The number of nitrogens with one attached hydrogen (secondary N) is 3. The van der Waals surface area contributed by atoms with Gasteiger partial charge in [-0.25, -0.2) is 9.37 Å². The van der Waals surface area contributed by atoms with Gasteiger partial charge in [0, 0.05) is 17.6 Å². The van der Waals surface area contributed by atoms with Crippen molar-refractivity contribution in [1.29, 1.82) is 0 Å². The molecule has 2 aromatic heterocycles. The van der Waals surface area contributed by atoms with Crippen LogP contribution in [0, 0.1) is 5.82 Å². The van der Waals surface area contributed by atoms with Gasteiger partial charge in [-0.15, -0.1) is 0 Å². The number of hydrogen-bond acceptors (Lipinski definition) is 7. The molecule has 1 aromatic carbocycles. The van der Waals surface area contributed by atoms with E-state index in [1.54, 1.807) is 13.2 Å². The number of rotatable bonds is 8. The zero-order chi connectivity index (χ0) is 27.2. The molecule has 206 valence electrons. The van der Waals surface area contributed by atoms with Crippen molar-refractivity contribution in [3.8, 4) is 22.9 Å². The molecule has 0 atom stereocenters. The van der Waals surface area contributed by atoms with E-state index in [1.165, 1.54) is 6.07 Å². The Kier molecular flexibility index (Phi) is 8.65. The summed E-state index contributed by atoms with van der Waals surface area (Å²) in [6.45, 7) is 0. The number of methoxy groups -OCH3 is 1. The Morgan fingerprint density at radius 3 is 2.41 bits per heavy atom. The molecule has 1 saturated heterocycles. The van der Waals surface area contributed by atoms with Crippen molar-refractivity contribution in [2.24, 2.45) is 0 Å².